The molecule has 0 aromatic carbocycles. The van der Waals surface area contributed by atoms with Crippen molar-refractivity contribution in [1.82, 2.24) is 5.32 Å². The van der Waals surface area contributed by atoms with Crippen molar-refractivity contribution in [3.8, 4) is 0 Å². The molecule has 0 bridgehead atoms. The van der Waals surface area contributed by atoms with Gasteiger partial charge >= 0.3 is 13.8 Å². The Balaban J connectivity index is 3.56. The minimum Gasteiger partial charge on any atom is -0.463 e. The second-order valence-corrected chi connectivity index (χ2v) is 14.7. The number of phosphoric acid groups is 1. The van der Waals surface area contributed by atoms with Gasteiger partial charge in [-0.15, -0.1) is 0 Å². The number of carbonyl (C=O) groups is 2. The van der Waals surface area contributed by atoms with Crippen LogP contribution >= 0.6 is 7.82 Å². The summed E-state index contributed by atoms with van der Waals surface area (Å²) < 4.78 is 26.7. The summed E-state index contributed by atoms with van der Waals surface area (Å²) in [5.41, 5.74) is 0. The standard InChI is InChI=1S/C39H74NO8P/c1-3-5-7-9-11-12-13-14-15-16-17-18-19-20-21-22-23-24-26-28-30-32-39(43)46-35-37(41)36-48-49(44,45)47-34-33-40-38(42)31-29-27-25-10-8-6-4-2/h11-12,14-15,37,41H,3-10,13,16-36H2,1-2H3,(H,40,42)(H,44,45)/b12-11-,15-14-. The number of rotatable bonds is 37. The highest BCUT2D eigenvalue weighted by atomic mass is 31.2. The molecule has 3 N–H and O–H groups in total. The first-order valence-corrected chi connectivity index (χ1v) is 21.3. The molecule has 49 heavy (non-hydrogen) atoms. The maximum Gasteiger partial charge on any atom is 0.472 e. The maximum absolute atomic E-state index is 12.0. The van der Waals surface area contributed by atoms with E-state index in [1.54, 1.807) is 0 Å². The number of unbranched alkanes of at least 4 members (excludes halogenated alkanes) is 20. The molecular formula is C39H74NO8P. The Bertz CT molecular complexity index is 866. The molecule has 0 rings (SSSR count). The van der Waals surface area contributed by atoms with Crippen molar-refractivity contribution in [2.75, 3.05) is 26.4 Å². The lowest BCUT2D eigenvalue weighted by molar-refractivity contribution is -0.147. The molecule has 0 heterocycles. The minimum atomic E-state index is -4.40. The van der Waals surface area contributed by atoms with Crippen molar-refractivity contribution in [3.63, 3.8) is 0 Å². The summed E-state index contributed by atoms with van der Waals surface area (Å²) in [6, 6.07) is 0. The third-order valence-corrected chi connectivity index (χ3v) is 9.37. The quantitative estimate of drug-likeness (QED) is 0.0251. The SMILES string of the molecule is CCCCC/C=C\C/C=C\CCCCCCCCCCCCCC(=O)OCC(O)COP(=O)(O)OCCNC(=O)CCCCCCCCC. The second kappa shape index (κ2) is 36.3. The van der Waals surface area contributed by atoms with E-state index in [1.165, 1.54) is 109 Å². The van der Waals surface area contributed by atoms with Gasteiger partial charge in [0.15, 0.2) is 0 Å². The van der Waals surface area contributed by atoms with E-state index in [2.05, 4.69) is 43.5 Å². The monoisotopic (exact) mass is 716 g/mol. The van der Waals surface area contributed by atoms with Gasteiger partial charge in [0.1, 0.15) is 12.7 Å². The molecule has 0 saturated carbocycles. The Labute approximate surface area is 300 Å². The van der Waals surface area contributed by atoms with Crippen molar-refractivity contribution >= 4 is 19.7 Å². The van der Waals surface area contributed by atoms with Crippen molar-refractivity contribution in [2.45, 2.75) is 187 Å². The Morgan fingerprint density at radius 3 is 1.67 bits per heavy atom. The van der Waals surface area contributed by atoms with Crippen LogP contribution in [0.1, 0.15) is 181 Å². The first-order valence-electron chi connectivity index (χ1n) is 19.8. The van der Waals surface area contributed by atoms with E-state index in [9.17, 15) is 24.2 Å². The number of hydrogen-bond acceptors (Lipinski definition) is 7. The second-order valence-electron chi connectivity index (χ2n) is 13.3. The number of nitrogens with one attached hydrogen (secondary N) is 1. The van der Waals surface area contributed by atoms with Crippen LogP contribution in [-0.4, -0.2) is 54.3 Å². The third-order valence-electron chi connectivity index (χ3n) is 8.38. The van der Waals surface area contributed by atoms with Crippen LogP contribution < -0.4 is 5.32 Å². The van der Waals surface area contributed by atoms with Gasteiger partial charge in [-0.1, -0.05) is 147 Å². The van der Waals surface area contributed by atoms with Crippen LogP contribution in [0.4, 0.5) is 0 Å². The summed E-state index contributed by atoms with van der Waals surface area (Å²) >= 11 is 0. The summed E-state index contributed by atoms with van der Waals surface area (Å²) in [6.07, 6.45) is 37.0. The normalized spacial score (nSPS) is 13.6. The van der Waals surface area contributed by atoms with Crippen molar-refractivity contribution < 1.29 is 37.9 Å². The van der Waals surface area contributed by atoms with Gasteiger partial charge in [-0.05, 0) is 44.9 Å². The van der Waals surface area contributed by atoms with Gasteiger partial charge in [-0.25, -0.2) is 4.57 Å². The molecule has 0 radical (unpaired) electrons. The summed E-state index contributed by atoms with van der Waals surface area (Å²) in [5.74, 6) is -0.522. The molecule has 2 unspecified atom stereocenters. The molecule has 1 amide bonds. The Morgan fingerprint density at radius 2 is 1.10 bits per heavy atom. The molecule has 9 nitrogen and oxygen atoms in total. The van der Waals surface area contributed by atoms with E-state index in [4.69, 9.17) is 13.8 Å². The molecule has 288 valence electrons. The smallest absolute Gasteiger partial charge is 0.463 e. The molecule has 0 aromatic heterocycles. The average molecular weight is 716 g/mol. The zero-order chi connectivity index (χ0) is 36.1. The fourth-order valence-electron chi connectivity index (χ4n) is 5.35. The molecule has 0 fully saturated rings. The zero-order valence-corrected chi connectivity index (χ0v) is 32.3. The molecule has 0 saturated heterocycles. The van der Waals surface area contributed by atoms with Gasteiger partial charge in [0.25, 0.3) is 0 Å². The van der Waals surface area contributed by atoms with Crippen LogP contribution in [0.15, 0.2) is 24.3 Å². The average Bonchev–Trinajstić information content (AvgIpc) is 3.08. The molecule has 0 aliphatic carbocycles. The molecule has 2 atom stereocenters. The number of ether oxygens (including phenoxy) is 1. The number of amides is 1. The van der Waals surface area contributed by atoms with Gasteiger partial charge in [-0.3, -0.25) is 18.6 Å². The fraction of sp³-hybridized carbons (Fsp3) is 0.846. The number of esters is 1. The summed E-state index contributed by atoms with van der Waals surface area (Å²) in [5, 5.41) is 12.6. The van der Waals surface area contributed by atoms with Crippen molar-refractivity contribution in [1.29, 1.82) is 0 Å². The lowest BCUT2D eigenvalue weighted by Crippen LogP contribution is -2.27. The van der Waals surface area contributed by atoms with Crippen molar-refractivity contribution in [2.24, 2.45) is 0 Å². The molecule has 0 aromatic rings. The molecular weight excluding hydrogens is 641 g/mol. The van der Waals surface area contributed by atoms with E-state index in [-0.39, 0.29) is 32.1 Å². The number of aliphatic hydroxyl groups excluding tert-OH is 1. The predicted octanol–water partition coefficient (Wildman–Crippen LogP) is 10.4. The summed E-state index contributed by atoms with van der Waals surface area (Å²) in [7, 11) is -4.40. The molecule has 0 aliphatic heterocycles. The van der Waals surface area contributed by atoms with Gasteiger partial charge in [0.2, 0.25) is 5.91 Å². The van der Waals surface area contributed by atoms with Crippen LogP contribution in [0.3, 0.4) is 0 Å². The molecule has 10 heteroatoms. The van der Waals surface area contributed by atoms with Crippen LogP contribution in [0.2, 0.25) is 0 Å². The number of phosphoric ester groups is 1. The number of aliphatic hydroxyl groups is 1. The minimum absolute atomic E-state index is 0.0833. The Kier molecular flexibility index (Phi) is 35.2. The van der Waals surface area contributed by atoms with Crippen LogP contribution in [0, 0.1) is 0 Å². The van der Waals surface area contributed by atoms with E-state index in [1.807, 2.05) is 0 Å². The van der Waals surface area contributed by atoms with E-state index in [0.717, 1.165) is 44.9 Å². The van der Waals surface area contributed by atoms with Crippen LogP contribution in [-0.2, 0) is 27.9 Å². The Hall–Kier alpha value is -1.51. The van der Waals surface area contributed by atoms with Gasteiger partial charge < -0.3 is 20.1 Å². The molecule has 0 aliphatic rings. The fourth-order valence-corrected chi connectivity index (χ4v) is 6.11. The zero-order valence-electron chi connectivity index (χ0n) is 31.4. The largest absolute Gasteiger partial charge is 0.472 e. The van der Waals surface area contributed by atoms with Crippen LogP contribution in [0.5, 0.6) is 0 Å². The van der Waals surface area contributed by atoms with Gasteiger partial charge in [0.05, 0.1) is 13.2 Å². The van der Waals surface area contributed by atoms with E-state index >= 15 is 0 Å². The number of carbonyl (C=O) groups excluding carboxylic acids is 2. The van der Waals surface area contributed by atoms with Gasteiger partial charge in [0, 0.05) is 19.4 Å². The lowest BCUT2D eigenvalue weighted by Gasteiger charge is -2.15. The lowest BCUT2D eigenvalue weighted by atomic mass is 10.0. The third kappa shape index (κ3) is 37.6. The summed E-state index contributed by atoms with van der Waals surface area (Å²) in [6.45, 7) is 3.48. The van der Waals surface area contributed by atoms with E-state index < -0.39 is 26.5 Å². The summed E-state index contributed by atoms with van der Waals surface area (Å²) in [4.78, 5) is 33.6. The Morgan fingerprint density at radius 1 is 0.633 bits per heavy atom. The first kappa shape index (κ1) is 47.5. The van der Waals surface area contributed by atoms with Crippen molar-refractivity contribution in [3.05, 3.63) is 24.3 Å². The highest BCUT2D eigenvalue weighted by molar-refractivity contribution is 7.47. The van der Waals surface area contributed by atoms with Crippen LogP contribution in [0.25, 0.3) is 0 Å². The highest BCUT2D eigenvalue weighted by Crippen LogP contribution is 2.42. The number of allylic oxidation sites excluding steroid dienone is 4. The van der Waals surface area contributed by atoms with E-state index in [0.29, 0.717) is 6.42 Å². The molecule has 0 spiro atoms. The van der Waals surface area contributed by atoms with Gasteiger partial charge in [-0.2, -0.15) is 0 Å². The topological polar surface area (TPSA) is 131 Å². The maximum atomic E-state index is 12.0. The highest BCUT2D eigenvalue weighted by Gasteiger charge is 2.23. The first-order chi connectivity index (χ1) is 23.8. The predicted molar refractivity (Wildman–Crippen MR) is 201 cm³/mol. The number of hydrogen-bond donors (Lipinski definition) is 3.